The van der Waals surface area contributed by atoms with Crippen LogP contribution < -0.4 is 5.32 Å². The fraction of sp³-hybridized carbons (Fsp3) is 0.263. The van der Waals surface area contributed by atoms with Crippen molar-refractivity contribution in [2.75, 3.05) is 11.6 Å². The molecule has 0 atom stereocenters. The number of benzene rings is 2. The minimum Gasteiger partial charge on any atom is -0.306 e. The van der Waals surface area contributed by atoms with Gasteiger partial charge < -0.3 is 5.32 Å². The van der Waals surface area contributed by atoms with Gasteiger partial charge in [0, 0.05) is 17.0 Å². The van der Waals surface area contributed by atoms with Gasteiger partial charge in [0.2, 0.25) is 0 Å². The highest BCUT2D eigenvalue weighted by Gasteiger charge is 2.38. The number of hydrogen-bond acceptors (Lipinski definition) is 3. The highest BCUT2D eigenvalue weighted by molar-refractivity contribution is 7.98. The van der Waals surface area contributed by atoms with Crippen molar-refractivity contribution in [1.82, 2.24) is 5.01 Å². The van der Waals surface area contributed by atoms with E-state index >= 15 is 0 Å². The van der Waals surface area contributed by atoms with Crippen molar-refractivity contribution >= 4 is 29.2 Å². The highest BCUT2D eigenvalue weighted by atomic mass is 32.2. The minimum atomic E-state index is -0.451. The van der Waals surface area contributed by atoms with Gasteiger partial charge in [0.15, 0.2) is 0 Å². The third-order valence-electron chi connectivity index (χ3n) is 4.11. The number of halogens is 1. The van der Waals surface area contributed by atoms with Gasteiger partial charge in [-0.25, -0.2) is 14.2 Å². The second-order valence-corrected chi connectivity index (χ2v) is 7.39. The minimum absolute atomic E-state index is 0.279. The van der Waals surface area contributed by atoms with Crippen molar-refractivity contribution in [3.8, 4) is 0 Å². The lowest BCUT2D eigenvalue weighted by atomic mass is 9.95. The Kier molecular flexibility index (Phi) is 4.81. The van der Waals surface area contributed by atoms with E-state index in [2.05, 4.69) is 10.4 Å². The van der Waals surface area contributed by atoms with Crippen LogP contribution in [-0.4, -0.2) is 28.5 Å². The Labute approximate surface area is 151 Å². The van der Waals surface area contributed by atoms with E-state index in [1.54, 1.807) is 23.9 Å². The van der Waals surface area contributed by atoms with E-state index < -0.39 is 5.54 Å². The summed E-state index contributed by atoms with van der Waals surface area (Å²) in [6, 6.07) is 13.6. The third kappa shape index (κ3) is 3.85. The summed E-state index contributed by atoms with van der Waals surface area (Å²) in [6.45, 7) is 3.92. The smallest absolute Gasteiger partial charge is 0.306 e. The summed E-state index contributed by atoms with van der Waals surface area (Å²) in [5.41, 5.74) is 1.88. The lowest BCUT2D eigenvalue weighted by Crippen LogP contribution is -2.43. The average Bonchev–Trinajstić information content (AvgIpc) is 2.91. The highest BCUT2D eigenvalue weighted by Crippen LogP contribution is 2.30. The largest absolute Gasteiger partial charge is 0.342 e. The van der Waals surface area contributed by atoms with Crippen LogP contribution in [0.2, 0.25) is 0 Å². The molecule has 1 aliphatic rings. The molecule has 0 bridgehead atoms. The van der Waals surface area contributed by atoms with E-state index in [1.807, 2.05) is 44.4 Å². The molecule has 6 heteroatoms. The number of nitrogens with zero attached hydrogens (tertiary/aromatic N) is 2. The number of amides is 2. The van der Waals surface area contributed by atoms with E-state index in [4.69, 9.17) is 0 Å². The van der Waals surface area contributed by atoms with E-state index in [9.17, 15) is 9.18 Å². The topological polar surface area (TPSA) is 44.7 Å². The van der Waals surface area contributed by atoms with E-state index in [1.165, 1.54) is 17.1 Å². The molecule has 1 aliphatic heterocycles. The maximum absolute atomic E-state index is 13.1. The van der Waals surface area contributed by atoms with Crippen molar-refractivity contribution < 1.29 is 9.18 Å². The lowest BCUT2D eigenvalue weighted by Gasteiger charge is -2.28. The van der Waals surface area contributed by atoms with Gasteiger partial charge in [0.05, 0.1) is 11.3 Å². The van der Waals surface area contributed by atoms with Crippen LogP contribution >= 0.6 is 11.8 Å². The second kappa shape index (κ2) is 6.88. The molecule has 0 aromatic heterocycles. The molecule has 2 amide bonds. The molecule has 3 rings (SSSR count). The molecular formula is C19H20FN3OS. The molecule has 1 N–H and O–H groups in total. The van der Waals surface area contributed by atoms with Crippen LogP contribution in [-0.2, 0) is 0 Å². The predicted molar refractivity (Wildman–Crippen MR) is 101 cm³/mol. The number of hydrazone groups is 1. The Morgan fingerprint density at radius 1 is 1.16 bits per heavy atom. The molecule has 1 heterocycles. The van der Waals surface area contributed by atoms with Crippen LogP contribution in [0.15, 0.2) is 58.5 Å². The molecular weight excluding hydrogens is 337 g/mol. The molecule has 0 aliphatic carbocycles. The van der Waals surface area contributed by atoms with Crippen LogP contribution in [0, 0.1) is 5.82 Å². The van der Waals surface area contributed by atoms with Gasteiger partial charge >= 0.3 is 6.03 Å². The van der Waals surface area contributed by atoms with Gasteiger partial charge in [0.25, 0.3) is 0 Å². The van der Waals surface area contributed by atoms with Crippen LogP contribution in [0.4, 0.5) is 14.9 Å². The molecule has 0 radical (unpaired) electrons. The fourth-order valence-electron chi connectivity index (χ4n) is 2.75. The Balaban J connectivity index is 1.78. The normalized spacial score (nSPS) is 15.8. The number of hydrogen-bond donors (Lipinski definition) is 1. The maximum Gasteiger partial charge on any atom is 0.342 e. The number of nitrogens with one attached hydrogen (secondary N) is 1. The molecule has 0 fully saturated rings. The summed E-state index contributed by atoms with van der Waals surface area (Å²) in [5.74, 6) is -0.287. The molecule has 2 aromatic carbocycles. The molecule has 130 valence electrons. The van der Waals surface area contributed by atoms with Crippen molar-refractivity contribution in [2.24, 2.45) is 5.10 Å². The summed E-state index contributed by atoms with van der Waals surface area (Å²) < 4.78 is 13.1. The van der Waals surface area contributed by atoms with Crippen molar-refractivity contribution in [3.63, 3.8) is 0 Å². The summed E-state index contributed by atoms with van der Waals surface area (Å²) >= 11 is 1.65. The van der Waals surface area contributed by atoms with Gasteiger partial charge in [-0.05, 0) is 62.1 Å². The zero-order chi connectivity index (χ0) is 18.0. The first kappa shape index (κ1) is 17.5. The number of urea groups is 1. The number of anilines is 1. The van der Waals surface area contributed by atoms with Crippen LogP contribution in [0.25, 0.3) is 0 Å². The number of thioether (sulfide) groups is 1. The molecule has 2 aromatic rings. The Morgan fingerprint density at radius 3 is 2.40 bits per heavy atom. The van der Waals surface area contributed by atoms with Gasteiger partial charge in [-0.1, -0.05) is 12.1 Å². The standard InChI is InChI=1S/C19H20FN3OS/c1-19(2)12-17(13-4-6-14(20)7-5-13)22-23(19)18(24)21-15-8-10-16(25-3)11-9-15/h4-11H,12H2,1-3H3,(H,21,24). The van der Waals surface area contributed by atoms with Gasteiger partial charge in [-0.15, -0.1) is 11.8 Å². The summed E-state index contributed by atoms with van der Waals surface area (Å²) in [5, 5.41) is 8.83. The van der Waals surface area contributed by atoms with Crippen molar-refractivity contribution in [2.45, 2.75) is 30.7 Å². The van der Waals surface area contributed by atoms with E-state index in [0.29, 0.717) is 6.42 Å². The lowest BCUT2D eigenvalue weighted by molar-refractivity contribution is 0.167. The van der Waals surface area contributed by atoms with Gasteiger partial charge in [-0.3, -0.25) is 0 Å². The number of carbonyl (C=O) groups is 1. The van der Waals surface area contributed by atoms with Crippen molar-refractivity contribution in [1.29, 1.82) is 0 Å². The first-order chi connectivity index (χ1) is 11.9. The molecule has 0 saturated carbocycles. The van der Waals surface area contributed by atoms with Crippen LogP contribution in [0.5, 0.6) is 0 Å². The Morgan fingerprint density at radius 2 is 1.80 bits per heavy atom. The van der Waals surface area contributed by atoms with E-state index in [0.717, 1.165) is 21.9 Å². The van der Waals surface area contributed by atoms with E-state index in [-0.39, 0.29) is 11.8 Å². The molecule has 0 unspecified atom stereocenters. The Hall–Kier alpha value is -2.34. The first-order valence-corrected chi connectivity index (χ1v) is 9.20. The molecule has 0 spiro atoms. The average molecular weight is 357 g/mol. The zero-order valence-corrected chi connectivity index (χ0v) is 15.2. The fourth-order valence-corrected chi connectivity index (χ4v) is 3.16. The SMILES string of the molecule is CSc1ccc(NC(=O)N2N=C(c3ccc(F)cc3)CC2(C)C)cc1. The molecule has 0 saturated heterocycles. The molecule has 25 heavy (non-hydrogen) atoms. The molecule has 4 nitrogen and oxygen atoms in total. The van der Waals surface area contributed by atoms with Gasteiger partial charge in [0.1, 0.15) is 5.82 Å². The van der Waals surface area contributed by atoms with Gasteiger partial charge in [-0.2, -0.15) is 5.10 Å². The summed E-state index contributed by atoms with van der Waals surface area (Å²) in [6.07, 6.45) is 2.61. The maximum atomic E-state index is 13.1. The second-order valence-electron chi connectivity index (χ2n) is 6.51. The number of carbonyl (C=O) groups excluding carboxylic acids is 1. The monoisotopic (exact) mass is 357 g/mol. The third-order valence-corrected chi connectivity index (χ3v) is 4.85. The number of rotatable bonds is 3. The quantitative estimate of drug-likeness (QED) is 0.789. The summed E-state index contributed by atoms with van der Waals surface area (Å²) in [7, 11) is 0. The zero-order valence-electron chi connectivity index (χ0n) is 14.4. The predicted octanol–water partition coefficient (Wildman–Crippen LogP) is 4.97. The van der Waals surface area contributed by atoms with Crippen LogP contribution in [0.3, 0.4) is 0 Å². The first-order valence-electron chi connectivity index (χ1n) is 7.98. The Bertz CT molecular complexity index is 800. The van der Waals surface area contributed by atoms with Crippen molar-refractivity contribution in [3.05, 3.63) is 59.9 Å². The summed E-state index contributed by atoms with van der Waals surface area (Å²) in [4.78, 5) is 13.8. The van der Waals surface area contributed by atoms with Crippen LogP contribution in [0.1, 0.15) is 25.8 Å².